The summed E-state index contributed by atoms with van der Waals surface area (Å²) < 4.78 is 49.6. The Morgan fingerprint density at radius 3 is 2.12 bits per heavy atom. The fourth-order valence-electron chi connectivity index (χ4n) is 4.18. The molecule has 1 nitrogen and oxygen atoms in total. The highest BCUT2D eigenvalue weighted by Crippen LogP contribution is 2.38. The van der Waals surface area contributed by atoms with E-state index in [9.17, 15) is 8.78 Å². The fourth-order valence-corrected chi connectivity index (χ4v) is 4.45. The highest BCUT2D eigenvalue weighted by molar-refractivity contribution is 6.33. The quantitative estimate of drug-likeness (QED) is 0.328. The van der Waals surface area contributed by atoms with Crippen LogP contribution < -0.4 is 4.74 Å². The Hall–Kier alpha value is -2.98. The molecule has 170 valence electrons. The molecule has 1 atom stereocenters. The summed E-state index contributed by atoms with van der Waals surface area (Å²) in [4.78, 5) is 0. The molecular formula is C28H24ClF3O. The van der Waals surface area contributed by atoms with Crippen LogP contribution in [-0.4, -0.2) is 6.61 Å². The van der Waals surface area contributed by atoms with E-state index >= 15 is 4.39 Å². The highest BCUT2D eigenvalue weighted by atomic mass is 35.5. The zero-order valence-electron chi connectivity index (χ0n) is 18.3. The number of rotatable bonds is 6. The molecule has 0 amide bonds. The van der Waals surface area contributed by atoms with Gasteiger partial charge in [-0.3, -0.25) is 0 Å². The van der Waals surface area contributed by atoms with E-state index in [0.29, 0.717) is 41.2 Å². The summed E-state index contributed by atoms with van der Waals surface area (Å²) in [6, 6.07) is 13.2. The molecule has 0 radical (unpaired) electrons. The number of allylic oxidation sites excluding steroid dienone is 3. The van der Waals surface area contributed by atoms with E-state index < -0.39 is 17.5 Å². The van der Waals surface area contributed by atoms with Crippen LogP contribution in [0, 0.1) is 23.4 Å². The average molecular weight is 469 g/mol. The maximum absolute atomic E-state index is 15.0. The first-order valence-corrected chi connectivity index (χ1v) is 11.3. The minimum Gasteiger partial charge on any atom is -0.491 e. The van der Waals surface area contributed by atoms with Gasteiger partial charge in [-0.25, -0.2) is 13.2 Å². The Morgan fingerprint density at radius 2 is 1.52 bits per heavy atom. The van der Waals surface area contributed by atoms with E-state index in [1.807, 2.05) is 12.2 Å². The Balaban J connectivity index is 1.62. The van der Waals surface area contributed by atoms with E-state index in [0.717, 1.165) is 18.4 Å². The van der Waals surface area contributed by atoms with Gasteiger partial charge < -0.3 is 4.74 Å². The van der Waals surface area contributed by atoms with Crippen molar-refractivity contribution in [2.75, 3.05) is 6.61 Å². The molecular weight excluding hydrogens is 445 g/mol. The summed E-state index contributed by atoms with van der Waals surface area (Å²) in [7, 11) is 0. The topological polar surface area (TPSA) is 9.23 Å². The predicted molar refractivity (Wildman–Crippen MR) is 129 cm³/mol. The molecule has 0 heterocycles. The van der Waals surface area contributed by atoms with Crippen molar-refractivity contribution in [2.24, 2.45) is 5.92 Å². The highest BCUT2D eigenvalue weighted by Gasteiger charge is 2.20. The molecule has 3 aromatic rings. The van der Waals surface area contributed by atoms with E-state index in [-0.39, 0.29) is 16.3 Å². The normalized spacial score (nSPS) is 15.8. The monoisotopic (exact) mass is 468 g/mol. The predicted octanol–water partition coefficient (Wildman–Crippen LogP) is 8.86. The van der Waals surface area contributed by atoms with Gasteiger partial charge in [0.2, 0.25) is 0 Å². The standard InChI is InChI=1S/C28H24ClF3O/c1-3-17-5-7-19(8-6-17)22-13-14-23(27(31)26(22)30)20-11-9-18(10-12-20)21-15-16-24(33-4-2)28(32)25(21)29/h3,7,9-17H,1,4-6,8H2,2H3. The van der Waals surface area contributed by atoms with Crippen LogP contribution in [0.2, 0.25) is 5.02 Å². The van der Waals surface area contributed by atoms with Crippen LogP contribution >= 0.6 is 11.6 Å². The van der Waals surface area contributed by atoms with Crippen molar-refractivity contribution in [3.8, 4) is 28.0 Å². The minimum absolute atomic E-state index is 0.0465. The third kappa shape index (κ3) is 4.58. The van der Waals surface area contributed by atoms with Crippen molar-refractivity contribution in [3.63, 3.8) is 0 Å². The molecule has 33 heavy (non-hydrogen) atoms. The second-order valence-corrected chi connectivity index (χ2v) is 8.42. The van der Waals surface area contributed by atoms with Crippen LogP contribution in [0.25, 0.3) is 27.8 Å². The van der Waals surface area contributed by atoms with Crippen molar-refractivity contribution in [3.05, 3.63) is 95.3 Å². The SMILES string of the molecule is C=CC1CC=C(c2ccc(-c3ccc(-c4ccc(OCC)c(F)c4Cl)cc3)c(F)c2F)CC1. The van der Waals surface area contributed by atoms with Gasteiger partial charge in [0.25, 0.3) is 0 Å². The maximum Gasteiger partial charge on any atom is 0.184 e. The molecule has 3 aromatic carbocycles. The molecule has 0 aromatic heterocycles. The van der Waals surface area contributed by atoms with Gasteiger partial charge in [-0.2, -0.15) is 0 Å². The molecule has 0 saturated heterocycles. The van der Waals surface area contributed by atoms with Crippen LogP contribution in [0.4, 0.5) is 13.2 Å². The number of benzene rings is 3. The Kier molecular flexibility index (Phi) is 6.94. The Morgan fingerprint density at radius 1 is 0.909 bits per heavy atom. The molecule has 4 rings (SSSR count). The van der Waals surface area contributed by atoms with Gasteiger partial charge in [-0.05, 0) is 60.9 Å². The van der Waals surface area contributed by atoms with Crippen LogP contribution in [-0.2, 0) is 0 Å². The van der Waals surface area contributed by atoms with Gasteiger partial charge >= 0.3 is 0 Å². The number of hydrogen-bond donors (Lipinski definition) is 0. The lowest BCUT2D eigenvalue weighted by molar-refractivity contribution is 0.322. The lowest BCUT2D eigenvalue weighted by Gasteiger charge is -2.20. The summed E-state index contributed by atoms with van der Waals surface area (Å²) in [6.45, 7) is 5.90. The molecule has 0 fully saturated rings. The van der Waals surface area contributed by atoms with Gasteiger partial charge in [0.15, 0.2) is 23.2 Å². The van der Waals surface area contributed by atoms with Gasteiger partial charge in [0.1, 0.15) is 0 Å². The molecule has 5 heteroatoms. The van der Waals surface area contributed by atoms with E-state index in [2.05, 4.69) is 6.58 Å². The molecule has 1 unspecified atom stereocenters. The first kappa shape index (κ1) is 23.2. The number of halogens is 4. The van der Waals surface area contributed by atoms with Crippen molar-refractivity contribution < 1.29 is 17.9 Å². The molecule has 0 saturated carbocycles. The second kappa shape index (κ2) is 9.88. The second-order valence-electron chi connectivity index (χ2n) is 8.04. The van der Waals surface area contributed by atoms with Crippen LogP contribution in [0.5, 0.6) is 5.75 Å². The molecule has 0 spiro atoms. The zero-order chi connectivity index (χ0) is 23.5. The summed E-state index contributed by atoms with van der Waals surface area (Å²) >= 11 is 6.21. The van der Waals surface area contributed by atoms with Crippen molar-refractivity contribution >= 4 is 17.2 Å². The van der Waals surface area contributed by atoms with Gasteiger partial charge in [0, 0.05) is 16.7 Å². The Labute approximate surface area is 197 Å². The van der Waals surface area contributed by atoms with Crippen LogP contribution in [0.15, 0.2) is 67.3 Å². The van der Waals surface area contributed by atoms with E-state index in [1.165, 1.54) is 6.07 Å². The maximum atomic E-state index is 15.0. The van der Waals surface area contributed by atoms with Crippen molar-refractivity contribution in [2.45, 2.75) is 26.2 Å². The molecule has 1 aliphatic carbocycles. The lowest BCUT2D eigenvalue weighted by atomic mass is 9.86. The smallest absolute Gasteiger partial charge is 0.184 e. The van der Waals surface area contributed by atoms with Crippen LogP contribution in [0.3, 0.4) is 0 Å². The largest absolute Gasteiger partial charge is 0.491 e. The summed E-state index contributed by atoms with van der Waals surface area (Å²) in [5, 5.41) is -0.0465. The number of ether oxygens (including phenoxy) is 1. The molecule has 0 bridgehead atoms. The summed E-state index contributed by atoms with van der Waals surface area (Å²) in [5.74, 6) is -1.86. The van der Waals surface area contributed by atoms with Crippen molar-refractivity contribution in [1.82, 2.24) is 0 Å². The zero-order valence-corrected chi connectivity index (χ0v) is 19.1. The molecule has 0 N–H and O–H groups in total. The molecule has 0 aliphatic heterocycles. The van der Waals surface area contributed by atoms with Gasteiger partial charge in [-0.15, -0.1) is 6.58 Å². The van der Waals surface area contributed by atoms with Gasteiger partial charge in [-0.1, -0.05) is 60.2 Å². The lowest BCUT2D eigenvalue weighted by Crippen LogP contribution is -2.04. The summed E-state index contributed by atoms with van der Waals surface area (Å²) in [5.41, 5.74) is 2.99. The minimum atomic E-state index is -0.878. The van der Waals surface area contributed by atoms with Gasteiger partial charge in [0.05, 0.1) is 11.6 Å². The average Bonchev–Trinajstić information content (AvgIpc) is 2.84. The van der Waals surface area contributed by atoms with Crippen molar-refractivity contribution in [1.29, 1.82) is 0 Å². The molecule has 1 aliphatic rings. The summed E-state index contributed by atoms with van der Waals surface area (Å²) in [6.07, 6.45) is 6.25. The van der Waals surface area contributed by atoms with Crippen LogP contribution in [0.1, 0.15) is 31.7 Å². The Bertz CT molecular complexity index is 1210. The third-order valence-corrected chi connectivity index (χ3v) is 6.44. The first-order chi connectivity index (χ1) is 15.9. The fraction of sp³-hybridized carbons (Fsp3) is 0.214. The van der Waals surface area contributed by atoms with E-state index in [1.54, 1.807) is 49.4 Å². The number of hydrogen-bond acceptors (Lipinski definition) is 1. The first-order valence-electron chi connectivity index (χ1n) is 11.0. The third-order valence-electron chi connectivity index (χ3n) is 6.07. The van der Waals surface area contributed by atoms with E-state index in [4.69, 9.17) is 16.3 Å².